The molecule has 0 atom stereocenters. The van der Waals surface area contributed by atoms with Crippen molar-refractivity contribution in [1.29, 1.82) is 0 Å². The molecule has 0 spiro atoms. The SMILES string of the molecule is CCCCOc1ccc(CCOC(C)=O)nc1. The zero-order valence-electron chi connectivity index (χ0n) is 10.4. The average molecular weight is 237 g/mol. The molecule has 0 saturated heterocycles. The van der Waals surface area contributed by atoms with Crippen molar-refractivity contribution in [2.45, 2.75) is 33.1 Å². The summed E-state index contributed by atoms with van der Waals surface area (Å²) in [5.74, 6) is 0.527. The monoisotopic (exact) mass is 237 g/mol. The molecule has 0 aliphatic rings. The van der Waals surface area contributed by atoms with Crippen LogP contribution in [0.1, 0.15) is 32.4 Å². The molecule has 1 heterocycles. The fourth-order valence-electron chi connectivity index (χ4n) is 1.28. The molecule has 0 N–H and O–H groups in total. The van der Waals surface area contributed by atoms with Gasteiger partial charge in [0.25, 0.3) is 0 Å². The van der Waals surface area contributed by atoms with E-state index >= 15 is 0 Å². The molecule has 4 nitrogen and oxygen atoms in total. The van der Waals surface area contributed by atoms with Gasteiger partial charge in [-0.2, -0.15) is 0 Å². The Morgan fingerprint density at radius 2 is 2.18 bits per heavy atom. The molecule has 1 aromatic heterocycles. The Hall–Kier alpha value is -1.58. The van der Waals surface area contributed by atoms with E-state index in [0.717, 1.165) is 30.9 Å². The van der Waals surface area contributed by atoms with Crippen molar-refractivity contribution in [3.8, 4) is 5.75 Å². The Balaban J connectivity index is 2.31. The fraction of sp³-hybridized carbons (Fsp3) is 0.538. The van der Waals surface area contributed by atoms with Gasteiger partial charge in [0.05, 0.1) is 19.4 Å². The largest absolute Gasteiger partial charge is 0.492 e. The van der Waals surface area contributed by atoms with Gasteiger partial charge in [-0.05, 0) is 18.6 Å². The van der Waals surface area contributed by atoms with E-state index in [-0.39, 0.29) is 5.97 Å². The van der Waals surface area contributed by atoms with Gasteiger partial charge in [-0.25, -0.2) is 0 Å². The number of carbonyl (C=O) groups is 1. The molecular weight excluding hydrogens is 218 g/mol. The zero-order valence-corrected chi connectivity index (χ0v) is 10.4. The number of hydrogen-bond donors (Lipinski definition) is 0. The topological polar surface area (TPSA) is 48.4 Å². The van der Waals surface area contributed by atoms with Crippen LogP contribution in [0.3, 0.4) is 0 Å². The van der Waals surface area contributed by atoms with Gasteiger partial charge in [0, 0.05) is 19.0 Å². The summed E-state index contributed by atoms with van der Waals surface area (Å²) < 4.78 is 10.3. The van der Waals surface area contributed by atoms with Gasteiger partial charge >= 0.3 is 5.97 Å². The predicted octanol–water partition coefficient (Wildman–Crippen LogP) is 2.37. The Bertz CT molecular complexity index is 335. The molecule has 4 heteroatoms. The first-order valence-electron chi connectivity index (χ1n) is 5.93. The molecule has 0 unspecified atom stereocenters. The number of ether oxygens (including phenoxy) is 2. The van der Waals surface area contributed by atoms with Gasteiger partial charge in [0.2, 0.25) is 0 Å². The molecule has 17 heavy (non-hydrogen) atoms. The van der Waals surface area contributed by atoms with Gasteiger partial charge in [0.1, 0.15) is 5.75 Å². The van der Waals surface area contributed by atoms with Crippen LogP contribution in [0.4, 0.5) is 0 Å². The summed E-state index contributed by atoms with van der Waals surface area (Å²) in [6, 6.07) is 3.79. The van der Waals surface area contributed by atoms with Gasteiger partial charge in [-0.3, -0.25) is 9.78 Å². The predicted molar refractivity (Wildman–Crippen MR) is 65.0 cm³/mol. The smallest absolute Gasteiger partial charge is 0.302 e. The number of aromatic nitrogens is 1. The summed E-state index contributed by atoms with van der Waals surface area (Å²) in [4.78, 5) is 14.8. The lowest BCUT2D eigenvalue weighted by atomic mass is 10.3. The highest BCUT2D eigenvalue weighted by molar-refractivity contribution is 5.65. The van der Waals surface area contributed by atoms with E-state index in [4.69, 9.17) is 9.47 Å². The van der Waals surface area contributed by atoms with E-state index in [1.54, 1.807) is 6.20 Å². The normalized spacial score (nSPS) is 10.0. The minimum Gasteiger partial charge on any atom is -0.492 e. The third kappa shape index (κ3) is 5.90. The lowest BCUT2D eigenvalue weighted by molar-refractivity contribution is -0.140. The Kier molecular flexibility index (Phi) is 6.07. The van der Waals surface area contributed by atoms with Crippen molar-refractivity contribution in [2.24, 2.45) is 0 Å². The average Bonchev–Trinajstić information content (AvgIpc) is 2.31. The number of unbranched alkanes of at least 4 members (excludes halogenated alkanes) is 1. The molecule has 0 fully saturated rings. The summed E-state index contributed by atoms with van der Waals surface area (Å²) in [6.07, 6.45) is 4.51. The second-order valence-electron chi connectivity index (χ2n) is 3.78. The first-order chi connectivity index (χ1) is 8.22. The number of pyridine rings is 1. The number of carbonyl (C=O) groups excluding carboxylic acids is 1. The Morgan fingerprint density at radius 1 is 1.35 bits per heavy atom. The van der Waals surface area contributed by atoms with Crippen LogP contribution in [0.15, 0.2) is 18.3 Å². The van der Waals surface area contributed by atoms with E-state index < -0.39 is 0 Å². The van der Waals surface area contributed by atoms with E-state index in [2.05, 4.69) is 11.9 Å². The molecule has 0 amide bonds. The van der Waals surface area contributed by atoms with Crippen molar-refractivity contribution in [3.63, 3.8) is 0 Å². The summed E-state index contributed by atoms with van der Waals surface area (Å²) >= 11 is 0. The molecular formula is C13H19NO3. The molecule has 0 radical (unpaired) electrons. The van der Waals surface area contributed by atoms with E-state index in [9.17, 15) is 4.79 Å². The molecule has 1 aromatic rings. The lowest BCUT2D eigenvalue weighted by Gasteiger charge is -2.06. The summed E-state index contributed by atoms with van der Waals surface area (Å²) in [5.41, 5.74) is 0.897. The number of rotatable bonds is 7. The van der Waals surface area contributed by atoms with Crippen LogP contribution in [-0.4, -0.2) is 24.2 Å². The van der Waals surface area contributed by atoms with Crippen LogP contribution in [0.2, 0.25) is 0 Å². The minimum absolute atomic E-state index is 0.260. The van der Waals surface area contributed by atoms with Crippen LogP contribution in [-0.2, 0) is 16.0 Å². The number of esters is 1. The second-order valence-corrected chi connectivity index (χ2v) is 3.78. The van der Waals surface area contributed by atoms with E-state index in [1.807, 2.05) is 12.1 Å². The van der Waals surface area contributed by atoms with Crippen LogP contribution >= 0.6 is 0 Å². The number of hydrogen-bond acceptors (Lipinski definition) is 4. The maximum absolute atomic E-state index is 10.6. The second kappa shape index (κ2) is 7.65. The molecule has 0 aliphatic heterocycles. The highest BCUT2D eigenvalue weighted by Gasteiger charge is 1.99. The lowest BCUT2D eigenvalue weighted by Crippen LogP contribution is -2.04. The van der Waals surface area contributed by atoms with Crippen molar-refractivity contribution in [1.82, 2.24) is 4.98 Å². The van der Waals surface area contributed by atoms with Gasteiger partial charge in [0.15, 0.2) is 0 Å². The van der Waals surface area contributed by atoms with E-state index in [1.165, 1.54) is 6.92 Å². The third-order valence-electron chi connectivity index (χ3n) is 2.23. The summed E-state index contributed by atoms with van der Waals surface area (Å²) in [7, 11) is 0. The van der Waals surface area contributed by atoms with Crippen molar-refractivity contribution in [3.05, 3.63) is 24.0 Å². The quantitative estimate of drug-likeness (QED) is 0.539. The van der Waals surface area contributed by atoms with Crippen molar-refractivity contribution in [2.75, 3.05) is 13.2 Å². The van der Waals surface area contributed by atoms with Crippen molar-refractivity contribution < 1.29 is 14.3 Å². The van der Waals surface area contributed by atoms with Crippen LogP contribution < -0.4 is 4.74 Å². The Morgan fingerprint density at radius 3 is 2.76 bits per heavy atom. The molecule has 0 aliphatic carbocycles. The zero-order chi connectivity index (χ0) is 12.5. The molecule has 0 saturated carbocycles. The van der Waals surface area contributed by atoms with Gasteiger partial charge < -0.3 is 9.47 Å². The minimum atomic E-state index is -0.260. The standard InChI is InChI=1S/C13H19NO3/c1-3-4-8-17-13-6-5-12(14-10-13)7-9-16-11(2)15/h5-6,10H,3-4,7-9H2,1-2H3. The van der Waals surface area contributed by atoms with Crippen LogP contribution in [0.25, 0.3) is 0 Å². The molecule has 0 aromatic carbocycles. The fourth-order valence-corrected chi connectivity index (χ4v) is 1.28. The molecule has 94 valence electrons. The molecule has 0 bridgehead atoms. The highest BCUT2D eigenvalue weighted by atomic mass is 16.5. The van der Waals surface area contributed by atoms with Crippen LogP contribution in [0, 0.1) is 0 Å². The summed E-state index contributed by atoms with van der Waals surface area (Å²) in [6.45, 7) is 4.63. The number of nitrogens with zero attached hydrogens (tertiary/aromatic N) is 1. The Labute approximate surface area is 102 Å². The maximum atomic E-state index is 10.6. The third-order valence-corrected chi connectivity index (χ3v) is 2.23. The maximum Gasteiger partial charge on any atom is 0.302 e. The first kappa shape index (κ1) is 13.5. The van der Waals surface area contributed by atoms with Crippen molar-refractivity contribution >= 4 is 5.97 Å². The molecule has 1 rings (SSSR count). The van der Waals surface area contributed by atoms with Crippen LogP contribution in [0.5, 0.6) is 5.75 Å². The van der Waals surface area contributed by atoms with E-state index in [0.29, 0.717) is 13.0 Å². The van der Waals surface area contributed by atoms with Gasteiger partial charge in [-0.15, -0.1) is 0 Å². The highest BCUT2D eigenvalue weighted by Crippen LogP contribution is 2.10. The summed E-state index contributed by atoms with van der Waals surface area (Å²) in [5, 5.41) is 0. The van der Waals surface area contributed by atoms with Gasteiger partial charge in [-0.1, -0.05) is 13.3 Å². The first-order valence-corrected chi connectivity index (χ1v) is 5.93.